The van der Waals surface area contributed by atoms with Crippen molar-refractivity contribution in [2.75, 3.05) is 32.8 Å². The predicted molar refractivity (Wildman–Crippen MR) is 239 cm³/mol. The van der Waals surface area contributed by atoms with Gasteiger partial charge in [-0.1, -0.05) is 96.8 Å². The normalized spacial score (nSPS) is 21.8. The van der Waals surface area contributed by atoms with E-state index in [0.717, 1.165) is 11.1 Å². The van der Waals surface area contributed by atoms with Crippen LogP contribution in [-0.4, -0.2) is 83.2 Å². The molecule has 66 heavy (non-hydrogen) atoms. The van der Waals surface area contributed by atoms with Gasteiger partial charge < -0.3 is 39.7 Å². The van der Waals surface area contributed by atoms with E-state index in [9.17, 15) is 14.7 Å². The van der Waals surface area contributed by atoms with Gasteiger partial charge in [-0.2, -0.15) is 0 Å². The molecule has 1 aromatic heterocycles. The average Bonchev–Trinajstić information content (AvgIpc) is 4.01. The molecule has 334 valence electrons. The van der Waals surface area contributed by atoms with Crippen molar-refractivity contribution in [1.82, 2.24) is 20.2 Å². The fraction of sp³-hybridized carbons (Fsp3) is 0.255. The molecule has 3 aliphatic heterocycles. The number of amides is 2. The summed E-state index contributed by atoms with van der Waals surface area (Å²) >= 11 is 0. The van der Waals surface area contributed by atoms with E-state index in [-0.39, 0.29) is 26.2 Å². The summed E-state index contributed by atoms with van der Waals surface area (Å²) < 4.78 is 22.1. The molecule has 15 heteroatoms. The minimum atomic E-state index is -1.86. The number of aromatic amines is 1. The second kappa shape index (κ2) is 18.4. The number of carbonyl (C=O) groups excluding carboxylic acids is 5. The van der Waals surface area contributed by atoms with Gasteiger partial charge in [0, 0.05) is 17.7 Å². The number of imidazole rings is 1. The van der Waals surface area contributed by atoms with Gasteiger partial charge in [0.15, 0.2) is 5.92 Å². The largest absolute Gasteiger partial charge is 0.491 e. The van der Waals surface area contributed by atoms with Gasteiger partial charge in [0.2, 0.25) is 11.8 Å². The van der Waals surface area contributed by atoms with Crippen LogP contribution in [0.1, 0.15) is 58.3 Å². The van der Waals surface area contributed by atoms with Crippen molar-refractivity contribution in [3.63, 3.8) is 0 Å². The number of esters is 3. The Morgan fingerprint density at radius 2 is 1.55 bits per heavy atom. The Balaban J connectivity index is 1.27. The second-order valence-corrected chi connectivity index (χ2v) is 16.1. The summed E-state index contributed by atoms with van der Waals surface area (Å²) in [6, 6.07) is 35.3. The zero-order valence-electron chi connectivity index (χ0n) is 35.9. The van der Waals surface area contributed by atoms with E-state index in [1.54, 1.807) is 36.4 Å². The van der Waals surface area contributed by atoms with Gasteiger partial charge >= 0.3 is 17.9 Å². The first-order valence-corrected chi connectivity index (χ1v) is 21.4. The monoisotopic (exact) mass is 887 g/mol. The molecule has 2 amide bonds. The van der Waals surface area contributed by atoms with Crippen molar-refractivity contribution in [3.05, 3.63) is 161 Å². The van der Waals surface area contributed by atoms with Crippen LogP contribution in [0.2, 0.25) is 0 Å². The van der Waals surface area contributed by atoms with Crippen molar-refractivity contribution in [3.8, 4) is 17.6 Å². The minimum Gasteiger partial charge on any atom is -0.491 e. The summed E-state index contributed by atoms with van der Waals surface area (Å²) in [5.74, 6) is 0.602. The number of para-hydroxylation sites is 2. The summed E-state index contributed by atoms with van der Waals surface area (Å²) in [6.07, 6.45) is -1.11. The number of H-pyrrole nitrogens is 1. The fourth-order valence-corrected chi connectivity index (χ4v) is 9.78. The standard InChI is InChI=1S/C51H45N5O10/c1-63-47(59)35(48(60)64-2)20-11-13-30-23-24-37-36(27-30)51(50(62)55-37)41(46(58)52-29-40-53-38-21-9-10-22-39(38)54-40)43-49(61)66-44(32-16-7-4-8-17-32)42(31-14-5-3-6-15-31)56(43)45(51)33-18-12-19-34(28-33)65-26-25-57/h3-10,12,14-19,21-24,27-28,35,41-45,57H,20,25-26,29H2,1-2H3,(H,52,58)(H,53,54)(H,55,62)/t41-,42-,43-,44+,45+,51-/m0/s1. The van der Waals surface area contributed by atoms with Crippen LogP contribution >= 0.6 is 0 Å². The van der Waals surface area contributed by atoms with E-state index in [4.69, 9.17) is 18.9 Å². The highest BCUT2D eigenvalue weighted by molar-refractivity contribution is 6.12. The van der Waals surface area contributed by atoms with Crippen molar-refractivity contribution >= 4 is 46.4 Å². The van der Waals surface area contributed by atoms with E-state index in [1.165, 1.54) is 14.2 Å². The van der Waals surface area contributed by atoms with Crippen LogP contribution < -0.4 is 15.4 Å². The van der Waals surface area contributed by atoms with Gasteiger partial charge in [-0.25, -0.2) is 4.98 Å². The highest BCUT2D eigenvalue weighted by Crippen LogP contribution is 2.65. The summed E-state index contributed by atoms with van der Waals surface area (Å²) in [6.45, 7) is -0.321. The number of aliphatic hydroxyl groups is 1. The molecule has 0 bridgehead atoms. The van der Waals surface area contributed by atoms with Gasteiger partial charge in [0.1, 0.15) is 35.7 Å². The number of rotatable bonds is 12. The van der Waals surface area contributed by atoms with Crippen molar-refractivity contribution < 1.29 is 48.0 Å². The van der Waals surface area contributed by atoms with E-state index < -0.39 is 71.2 Å². The third-order valence-corrected chi connectivity index (χ3v) is 12.5. The molecule has 0 aliphatic carbocycles. The molecule has 2 saturated heterocycles. The maximum atomic E-state index is 15.6. The summed E-state index contributed by atoms with van der Waals surface area (Å²) in [5, 5.41) is 15.8. The van der Waals surface area contributed by atoms with Crippen molar-refractivity contribution in [1.29, 1.82) is 0 Å². The fourth-order valence-electron chi connectivity index (χ4n) is 9.78. The first-order valence-electron chi connectivity index (χ1n) is 21.4. The first kappa shape index (κ1) is 43.5. The number of methoxy groups -OCH3 is 2. The molecule has 0 radical (unpaired) electrons. The molecule has 0 saturated carbocycles. The highest BCUT2D eigenvalue weighted by Gasteiger charge is 2.74. The summed E-state index contributed by atoms with van der Waals surface area (Å²) in [4.78, 5) is 81.2. The van der Waals surface area contributed by atoms with E-state index in [0.29, 0.717) is 45.0 Å². The van der Waals surface area contributed by atoms with Gasteiger partial charge in [-0.15, -0.1) is 0 Å². The van der Waals surface area contributed by atoms with Crippen LogP contribution in [0.4, 0.5) is 5.69 Å². The van der Waals surface area contributed by atoms with Crippen LogP contribution in [0.15, 0.2) is 127 Å². The number of hydrogen-bond donors (Lipinski definition) is 4. The number of aromatic nitrogens is 2. The molecule has 4 N–H and O–H groups in total. The lowest BCUT2D eigenvalue weighted by Crippen LogP contribution is -2.54. The summed E-state index contributed by atoms with van der Waals surface area (Å²) in [5.41, 5.74) is 2.80. The molecule has 5 aromatic carbocycles. The third kappa shape index (κ3) is 7.69. The van der Waals surface area contributed by atoms with Gasteiger partial charge in [0.25, 0.3) is 0 Å². The number of carbonyl (C=O) groups is 5. The third-order valence-electron chi connectivity index (χ3n) is 12.5. The first-order chi connectivity index (χ1) is 32.2. The van der Waals surface area contributed by atoms with Crippen LogP contribution in [0.3, 0.4) is 0 Å². The van der Waals surface area contributed by atoms with Crippen molar-refractivity contribution in [2.24, 2.45) is 11.8 Å². The van der Waals surface area contributed by atoms with Crippen molar-refractivity contribution in [2.45, 2.75) is 42.6 Å². The molecule has 0 unspecified atom stereocenters. The van der Waals surface area contributed by atoms with Crippen LogP contribution in [0.5, 0.6) is 5.75 Å². The number of ether oxygens (including phenoxy) is 4. The Morgan fingerprint density at radius 1 is 0.848 bits per heavy atom. The predicted octanol–water partition coefficient (Wildman–Crippen LogP) is 5.23. The quantitative estimate of drug-likeness (QED) is 0.0542. The van der Waals surface area contributed by atoms with Crippen LogP contribution in [-0.2, 0) is 50.1 Å². The molecule has 2 fully saturated rings. The van der Waals surface area contributed by atoms with E-state index in [1.807, 2.05) is 95.9 Å². The SMILES string of the molecule is COC(=O)C(CC#Cc1ccc2c(c1)[C@]1(C(=O)N2)[C@H](C(=O)NCc2nc3ccccc3[nH]2)[C@H]2C(=O)O[C@H](c3ccccc3)[C@H](c3ccccc3)N2[C@@H]1c1cccc(OCCO)c1)C(=O)OC. The number of cyclic esters (lactones) is 1. The zero-order valence-corrected chi connectivity index (χ0v) is 35.9. The van der Waals surface area contributed by atoms with Gasteiger partial charge in [-0.3, -0.25) is 28.9 Å². The van der Waals surface area contributed by atoms with E-state index >= 15 is 14.4 Å². The zero-order chi connectivity index (χ0) is 46.0. The number of nitrogens with zero attached hydrogens (tertiary/aromatic N) is 2. The number of nitrogens with one attached hydrogen (secondary N) is 3. The molecular formula is C51H45N5O10. The Bertz CT molecular complexity index is 2840. The molecular weight excluding hydrogens is 843 g/mol. The molecule has 6 atom stereocenters. The number of hydrogen-bond acceptors (Lipinski definition) is 12. The number of benzene rings is 5. The Morgan fingerprint density at radius 3 is 2.26 bits per heavy atom. The minimum absolute atomic E-state index is 0.00830. The second-order valence-electron chi connectivity index (χ2n) is 16.1. The lowest BCUT2D eigenvalue weighted by atomic mass is 9.65. The Labute approximate surface area is 379 Å². The van der Waals surface area contributed by atoms with Crippen LogP contribution in [0.25, 0.3) is 11.0 Å². The highest BCUT2D eigenvalue weighted by atomic mass is 16.6. The lowest BCUT2D eigenvalue weighted by Gasteiger charge is -2.46. The topological polar surface area (TPSA) is 198 Å². The smallest absolute Gasteiger partial charge is 0.324 e. The number of anilines is 1. The van der Waals surface area contributed by atoms with Gasteiger partial charge in [0.05, 0.1) is 56.4 Å². The molecule has 3 aliphatic rings. The molecule has 1 spiro atoms. The maximum absolute atomic E-state index is 15.6. The molecule has 4 heterocycles. The Hall–Kier alpha value is -7.80. The summed E-state index contributed by atoms with van der Waals surface area (Å²) in [7, 11) is 2.33. The number of fused-ring (bicyclic) bond motifs is 4. The lowest BCUT2D eigenvalue weighted by molar-refractivity contribution is -0.178. The number of aliphatic hydroxyl groups excluding tert-OH is 1. The number of morpholine rings is 1. The van der Waals surface area contributed by atoms with Gasteiger partial charge in [-0.05, 0) is 64.7 Å². The maximum Gasteiger partial charge on any atom is 0.324 e. The van der Waals surface area contributed by atoms with E-state index in [2.05, 4.69) is 32.4 Å². The van der Waals surface area contributed by atoms with Crippen LogP contribution in [0, 0.1) is 23.7 Å². The molecule has 15 nitrogen and oxygen atoms in total. The Kier molecular flexibility index (Phi) is 12.1. The average molecular weight is 888 g/mol. The molecule has 6 aromatic rings. The molecule has 9 rings (SSSR count).